The summed E-state index contributed by atoms with van der Waals surface area (Å²) >= 11 is 1.42. The molecule has 4 nitrogen and oxygen atoms in total. The summed E-state index contributed by atoms with van der Waals surface area (Å²) in [6, 6.07) is 1.87. The molecule has 1 aliphatic heterocycles. The standard InChI is InChI=1S/C12H20N2O2S2/c1-2-10-5-3-4-6-14(10)18(15,16)12-7-11(8-13)17-9-12/h7,9-10H,2-6,8,13H2,1H3. The monoisotopic (exact) mass is 288 g/mol. The summed E-state index contributed by atoms with van der Waals surface area (Å²) in [5.41, 5.74) is 5.54. The topological polar surface area (TPSA) is 63.4 Å². The molecule has 1 aromatic rings. The number of hydrogen-bond donors (Lipinski definition) is 1. The van der Waals surface area contributed by atoms with E-state index >= 15 is 0 Å². The first-order valence-corrected chi connectivity index (χ1v) is 8.71. The summed E-state index contributed by atoms with van der Waals surface area (Å²) in [5.74, 6) is 0. The molecule has 18 heavy (non-hydrogen) atoms. The lowest BCUT2D eigenvalue weighted by Crippen LogP contribution is -2.43. The third-order valence-corrected chi connectivity index (χ3v) is 6.52. The van der Waals surface area contributed by atoms with E-state index in [0.717, 1.165) is 30.6 Å². The average Bonchev–Trinajstić information content (AvgIpc) is 2.88. The van der Waals surface area contributed by atoms with Gasteiger partial charge in [0.2, 0.25) is 10.0 Å². The fourth-order valence-electron chi connectivity index (χ4n) is 2.44. The van der Waals surface area contributed by atoms with E-state index in [1.165, 1.54) is 11.3 Å². The lowest BCUT2D eigenvalue weighted by molar-refractivity contribution is 0.246. The summed E-state index contributed by atoms with van der Waals surface area (Å²) in [7, 11) is -3.32. The molecule has 2 heterocycles. The van der Waals surface area contributed by atoms with Gasteiger partial charge in [0.1, 0.15) is 0 Å². The normalized spacial score (nSPS) is 22.2. The molecular weight excluding hydrogens is 268 g/mol. The van der Waals surface area contributed by atoms with E-state index in [1.807, 2.05) is 0 Å². The second-order valence-corrected chi connectivity index (χ2v) is 7.51. The summed E-state index contributed by atoms with van der Waals surface area (Å²) < 4.78 is 26.8. The maximum absolute atomic E-state index is 12.6. The number of piperidine rings is 1. The Morgan fingerprint density at radius 1 is 1.50 bits per heavy atom. The van der Waals surface area contributed by atoms with Crippen molar-refractivity contribution in [2.24, 2.45) is 5.73 Å². The van der Waals surface area contributed by atoms with Crippen molar-refractivity contribution in [1.29, 1.82) is 0 Å². The first-order chi connectivity index (χ1) is 8.59. The number of rotatable bonds is 4. The van der Waals surface area contributed by atoms with Crippen LogP contribution in [0.3, 0.4) is 0 Å². The molecule has 0 aliphatic carbocycles. The van der Waals surface area contributed by atoms with Crippen molar-refractivity contribution in [2.45, 2.75) is 50.1 Å². The second-order valence-electron chi connectivity index (χ2n) is 4.63. The van der Waals surface area contributed by atoms with Crippen LogP contribution >= 0.6 is 11.3 Å². The zero-order valence-corrected chi connectivity index (χ0v) is 12.3. The molecule has 1 unspecified atom stereocenters. The lowest BCUT2D eigenvalue weighted by atomic mass is 10.0. The van der Waals surface area contributed by atoms with Gasteiger partial charge in [-0.3, -0.25) is 0 Å². The fourth-order valence-corrected chi connectivity index (χ4v) is 5.35. The molecular formula is C12H20N2O2S2. The van der Waals surface area contributed by atoms with Crippen molar-refractivity contribution < 1.29 is 8.42 Å². The Bertz CT molecular complexity index is 496. The van der Waals surface area contributed by atoms with Crippen molar-refractivity contribution in [1.82, 2.24) is 4.31 Å². The number of hydrogen-bond acceptors (Lipinski definition) is 4. The molecule has 1 saturated heterocycles. The molecule has 102 valence electrons. The van der Waals surface area contributed by atoms with Crippen LogP contribution < -0.4 is 5.73 Å². The predicted octanol–water partition coefficient (Wildman–Crippen LogP) is 2.16. The Hall–Kier alpha value is -0.430. The number of nitrogens with two attached hydrogens (primary N) is 1. The van der Waals surface area contributed by atoms with Crippen LogP contribution in [0.15, 0.2) is 16.3 Å². The van der Waals surface area contributed by atoms with Crippen molar-refractivity contribution in [3.05, 3.63) is 16.3 Å². The number of sulfonamides is 1. The Morgan fingerprint density at radius 2 is 2.28 bits per heavy atom. The predicted molar refractivity (Wildman–Crippen MR) is 74.0 cm³/mol. The fraction of sp³-hybridized carbons (Fsp3) is 0.667. The van der Waals surface area contributed by atoms with E-state index in [-0.39, 0.29) is 6.04 Å². The Labute approximate surface area is 113 Å². The Morgan fingerprint density at radius 3 is 2.89 bits per heavy atom. The molecule has 1 atom stereocenters. The molecule has 2 N–H and O–H groups in total. The van der Waals surface area contributed by atoms with Gasteiger partial charge in [0, 0.05) is 29.4 Å². The molecule has 1 aromatic heterocycles. The van der Waals surface area contributed by atoms with Gasteiger partial charge in [0.15, 0.2) is 0 Å². The zero-order chi connectivity index (χ0) is 13.2. The third kappa shape index (κ3) is 2.61. The zero-order valence-electron chi connectivity index (χ0n) is 10.6. The maximum Gasteiger partial charge on any atom is 0.244 e. The highest BCUT2D eigenvalue weighted by Gasteiger charge is 2.32. The summed E-state index contributed by atoms with van der Waals surface area (Å²) in [6.07, 6.45) is 3.95. The van der Waals surface area contributed by atoms with Crippen LogP contribution in [0, 0.1) is 0 Å². The van der Waals surface area contributed by atoms with E-state index < -0.39 is 10.0 Å². The largest absolute Gasteiger partial charge is 0.326 e. The molecule has 2 rings (SSSR count). The lowest BCUT2D eigenvalue weighted by Gasteiger charge is -2.33. The van der Waals surface area contributed by atoms with Gasteiger partial charge in [-0.05, 0) is 25.3 Å². The quantitative estimate of drug-likeness (QED) is 0.923. The van der Waals surface area contributed by atoms with Crippen LogP contribution in [-0.2, 0) is 16.6 Å². The Balaban J connectivity index is 2.28. The molecule has 0 spiro atoms. The maximum atomic E-state index is 12.6. The van der Waals surface area contributed by atoms with E-state index in [2.05, 4.69) is 6.92 Å². The van der Waals surface area contributed by atoms with E-state index in [1.54, 1.807) is 15.8 Å². The highest BCUT2D eigenvalue weighted by molar-refractivity contribution is 7.89. The number of nitrogens with zero attached hydrogens (tertiary/aromatic N) is 1. The van der Waals surface area contributed by atoms with Gasteiger partial charge in [-0.1, -0.05) is 13.3 Å². The molecule has 0 saturated carbocycles. The minimum absolute atomic E-state index is 0.157. The van der Waals surface area contributed by atoms with Gasteiger partial charge >= 0.3 is 0 Å². The van der Waals surface area contributed by atoms with Crippen LogP contribution in [0.5, 0.6) is 0 Å². The van der Waals surface area contributed by atoms with E-state index in [0.29, 0.717) is 18.0 Å². The molecule has 0 amide bonds. The van der Waals surface area contributed by atoms with E-state index in [9.17, 15) is 8.42 Å². The van der Waals surface area contributed by atoms with Crippen molar-refractivity contribution in [2.75, 3.05) is 6.54 Å². The highest BCUT2D eigenvalue weighted by atomic mass is 32.2. The van der Waals surface area contributed by atoms with Crippen LogP contribution in [0.1, 0.15) is 37.5 Å². The summed E-state index contributed by atoms with van der Waals surface area (Å²) in [5, 5.41) is 1.71. The molecule has 1 aliphatic rings. The molecule has 6 heteroatoms. The van der Waals surface area contributed by atoms with Crippen molar-refractivity contribution >= 4 is 21.4 Å². The van der Waals surface area contributed by atoms with Crippen LogP contribution in [0.25, 0.3) is 0 Å². The molecule has 1 fully saturated rings. The molecule has 0 aromatic carbocycles. The van der Waals surface area contributed by atoms with Gasteiger partial charge < -0.3 is 5.73 Å². The highest BCUT2D eigenvalue weighted by Crippen LogP contribution is 2.29. The summed E-state index contributed by atoms with van der Waals surface area (Å²) in [4.78, 5) is 1.33. The van der Waals surface area contributed by atoms with Gasteiger partial charge in [0.25, 0.3) is 0 Å². The Kier molecular flexibility index (Phi) is 4.42. The van der Waals surface area contributed by atoms with Crippen LogP contribution in [0.2, 0.25) is 0 Å². The molecule has 0 radical (unpaired) electrons. The van der Waals surface area contributed by atoms with Gasteiger partial charge in [-0.15, -0.1) is 11.3 Å². The minimum Gasteiger partial charge on any atom is -0.326 e. The second kappa shape index (κ2) is 5.69. The minimum atomic E-state index is -3.32. The first-order valence-electron chi connectivity index (χ1n) is 6.39. The third-order valence-electron chi connectivity index (χ3n) is 3.48. The van der Waals surface area contributed by atoms with Gasteiger partial charge in [-0.25, -0.2) is 8.42 Å². The van der Waals surface area contributed by atoms with Gasteiger partial charge in [-0.2, -0.15) is 4.31 Å². The van der Waals surface area contributed by atoms with E-state index in [4.69, 9.17) is 5.73 Å². The first kappa shape index (κ1) is 14.0. The molecule has 0 bridgehead atoms. The smallest absolute Gasteiger partial charge is 0.244 e. The summed E-state index contributed by atoms with van der Waals surface area (Å²) in [6.45, 7) is 3.10. The van der Waals surface area contributed by atoms with Crippen LogP contribution in [0.4, 0.5) is 0 Å². The van der Waals surface area contributed by atoms with Crippen molar-refractivity contribution in [3.63, 3.8) is 0 Å². The van der Waals surface area contributed by atoms with Crippen LogP contribution in [-0.4, -0.2) is 25.3 Å². The van der Waals surface area contributed by atoms with Gasteiger partial charge in [0.05, 0.1) is 4.90 Å². The SMILES string of the molecule is CCC1CCCCN1S(=O)(=O)c1csc(CN)c1. The number of thiophene rings is 1. The van der Waals surface area contributed by atoms with Crippen molar-refractivity contribution in [3.8, 4) is 0 Å². The average molecular weight is 288 g/mol.